The number of sulfonamides is 1. The summed E-state index contributed by atoms with van der Waals surface area (Å²) in [5.41, 5.74) is 0.464. The molecule has 0 saturated carbocycles. The van der Waals surface area contributed by atoms with E-state index >= 15 is 0 Å². The van der Waals surface area contributed by atoms with Gasteiger partial charge in [-0.15, -0.1) is 0 Å². The van der Waals surface area contributed by atoms with Crippen molar-refractivity contribution in [2.24, 2.45) is 0 Å². The molecule has 2 aromatic rings. The van der Waals surface area contributed by atoms with E-state index in [2.05, 4.69) is 20.9 Å². The fourth-order valence-electron chi connectivity index (χ4n) is 1.68. The normalized spacial score (nSPS) is 11.1. The molecule has 0 saturated heterocycles. The van der Waals surface area contributed by atoms with E-state index in [-0.39, 0.29) is 14.9 Å². The van der Waals surface area contributed by atoms with E-state index in [1.807, 2.05) is 0 Å². The first-order valence-corrected chi connectivity index (χ1v) is 7.99. The minimum Gasteiger partial charge on any atom is -0.478 e. The van der Waals surface area contributed by atoms with Gasteiger partial charge >= 0.3 is 5.97 Å². The number of nitrogens with zero attached hydrogens (tertiary/aromatic N) is 2. The maximum atomic E-state index is 12.6. The van der Waals surface area contributed by atoms with Crippen LogP contribution in [0.25, 0.3) is 0 Å². The first kappa shape index (κ1) is 15.5. The van der Waals surface area contributed by atoms with Gasteiger partial charge in [-0.1, -0.05) is 0 Å². The summed E-state index contributed by atoms with van der Waals surface area (Å²) in [6.07, 6.45) is 2.98. The average Bonchev–Trinajstić information content (AvgIpc) is 2.46. The third-order valence-electron chi connectivity index (χ3n) is 2.84. The summed E-state index contributed by atoms with van der Waals surface area (Å²) in [6.45, 7) is 0. The summed E-state index contributed by atoms with van der Waals surface area (Å²) in [7, 11) is -2.38. The number of carbonyl (C=O) groups is 1. The molecule has 2 rings (SSSR count). The van der Waals surface area contributed by atoms with Crippen LogP contribution in [0.5, 0.6) is 0 Å². The van der Waals surface area contributed by atoms with Crippen LogP contribution >= 0.6 is 15.9 Å². The molecule has 0 unspecified atom stereocenters. The molecule has 21 heavy (non-hydrogen) atoms. The van der Waals surface area contributed by atoms with Gasteiger partial charge in [0.1, 0.15) is 4.90 Å². The van der Waals surface area contributed by atoms with E-state index in [0.29, 0.717) is 5.69 Å². The second kappa shape index (κ2) is 5.82. The highest BCUT2D eigenvalue weighted by molar-refractivity contribution is 9.10. The largest absolute Gasteiger partial charge is 0.478 e. The van der Waals surface area contributed by atoms with Gasteiger partial charge in [0.15, 0.2) is 0 Å². The summed E-state index contributed by atoms with van der Waals surface area (Å²) >= 11 is 3.11. The lowest BCUT2D eigenvalue weighted by Gasteiger charge is -2.20. The van der Waals surface area contributed by atoms with Gasteiger partial charge in [-0.3, -0.25) is 9.29 Å². The molecule has 110 valence electrons. The number of benzene rings is 1. The molecular weight excluding hydrogens is 360 g/mol. The Kier molecular flexibility index (Phi) is 4.29. The summed E-state index contributed by atoms with van der Waals surface area (Å²) in [5.74, 6) is -1.12. The molecule has 6 nitrogen and oxygen atoms in total. The molecule has 1 N–H and O–H groups in total. The minimum atomic E-state index is -3.80. The first-order valence-electron chi connectivity index (χ1n) is 5.76. The van der Waals surface area contributed by atoms with E-state index in [9.17, 15) is 13.2 Å². The van der Waals surface area contributed by atoms with Crippen molar-refractivity contribution < 1.29 is 18.3 Å². The third-order valence-corrected chi connectivity index (χ3v) is 5.61. The van der Waals surface area contributed by atoms with Crippen molar-refractivity contribution >= 4 is 37.6 Å². The zero-order valence-corrected chi connectivity index (χ0v) is 13.3. The Balaban J connectivity index is 2.47. The monoisotopic (exact) mass is 370 g/mol. The molecule has 0 aliphatic rings. The van der Waals surface area contributed by atoms with Crippen LogP contribution in [-0.2, 0) is 10.0 Å². The van der Waals surface area contributed by atoms with Crippen LogP contribution in [0.15, 0.2) is 52.1 Å². The molecule has 0 aliphatic heterocycles. The fraction of sp³-hybridized carbons (Fsp3) is 0.0769. The van der Waals surface area contributed by atoms with E-state index < -0.39 is 16.0 Å². The topological polar surface area (TPSA) is 87.6 Å². The number of pyridine rings is 1. The average molecular weight is 371 g/mol. The second-order valence-electron chi connectivity index (χ2n) is 4.13. The molecule has 0 fully saturated rings. The second-order valence-corrected chi connectivity index (χ2v) is 6.92. The number of anilines is 1. The predicted molar refractivity (Wildman–Crippen MR) is 80.9 cm³/mol. The van der Waals surface area contributed by atoms with Crippen LogP contribution in [0.4, 0.5) is 5.69 Å². The van der Waals surface area contributed by atoms with Crippen LogP contribution < -0.4 is 4.31 Å². The zero-order chi connectivity index (χ0) is 15.6. The van der Waals surface area contributed by atoms with Crippen molar-refractivity contribution in [3.63, 3.8) is 0 Å². The number of aromatic nitrogens is 1. The van der Waals surface area contributed by atoms with Gasteiger partial charge < -0.3 is 5.11 Å². The molecule has 0 bridgehead atoms. The van der Waals surface area contributed by atoms with Crippen molar-refractivity contribution in [1.82, 2.24) is 4.98 Å². The van der Waals surface area contributed by atoms with Gasteiger partial charge in [-0.25, -0.2) is 13.2 Å². The SMILES string of the molecule is CN(c1ccncc1)S(=O)(=O)c1ccc(C(=O)O)cc1Br. The van der Waals surface area contributed by atoms with E-state index in [4.69, 9.17) is 5.11 Å². The van der Waals surface area contributed by atoms with Crippen LogP contribution in [0.2, 0.25) is 0 Å². The lowest BCUT2D eigenvalue weighted by Crippen LogP contribution is -2.27. The Morgan fingerprint density at radius 2 is 1.86 bits per heavy atom. The van der Waals surface area contributed by atoms with Crippen molar-refractivity contribution in [1.29, 1.82) is 0 Å². The Hall–Kier alpha value is -1.93. The molecule has 0 radical (unpaired) electrons. The number of rotatable bonds is 4. The Bertz CT molecular complexity index is 778. The molecule has 0 atom stereocenters. The third kappa shape index (κ3) is 3.06. The molecule has 1 aromatic carbocycles. The standard InChI is InChI=1S/C13H11BrN2O4S/c1-16(10-4-6-15-7-5-10)21(19,20)12-3-2-9(13(17)18)8-11(12)14/h2-8H,1H3,(H,17,18). The fourth-order valence-corrected chi connectivity index (χ4v) is 3.92. The summed E-state index contributed by atoms with van der Waals surface area (Å²) in [6, 6.07) is 6.91. The quantitative estimate of drug-likeness (QED) is 0.892. The maximum Gasteiger partial charge on any atom is 0.335 e. The van der Waals surface area contributed by atoms with Gasteiger partial charge in [0, 0.05) is 23.9 Å². The van der Waals surface area contributed by atoms with E-state index in [0.717, 1.165) is 4.31 Å². The highest BCUT2D eigenvalue weighted by Gasteiger charge is 2.24. The van der Waals surface area contributed by atoms with Crippen molar-refractivity contribution in [3.8, 4) is 0 Å². The van der Waals surface area contributed by atoms with Crippen LogP contribution in [0, 0.1) is 0 Å². The predicted octanol–water partition coefficient (Wildman–Crippen LogP) is 2.37. The molecule has 0 spiro atoms. The number of hydrogen-bond donors (Lipinski definition) is 1. The van der Waals surface area contributed by atoms with Gasteiger partial charge in [0.2, 0.25) is 0 Å². The van der Waals surface area contributed by atoms with Crippen LogP contribution in [-0.4, -0.2) is 31.5 Å². The highest BCUT2D eigenvalue weighted by atomic mass is 79.9. The van der Waals surface area contributed by atoms with Gasteiger partial charge in [0.25, 0.3) is 10.0 Å². The highest BCUT2D eigenvalue weighted by Crippen LogP contribution is 2.28. The zero-order valence-electron chi connectivity index (χ0n) is 10.9. The summed E-state index contributed by atoms with van der Waals surface area (Å²) in [5, 5.41) is 8.90. The number of hydrogen-bond acceptors (Lipinski definition) is 4. The molecular formula is C13H11BrN2O4S. The van der Waals surface area contributed by atoms with Crippen LogP contribution in [0.1, 0.15) is 10.4 Å². The molecule has 0 aliphatic carbocycles. The minimum absolute atomic E-state index is 0.00684. The van der Waals surface area contributed by atoms with Crippen molar-refractivity contribution in [2.75, 3.05) is 11.4 Å². The molecule has 0 amide bonds. The van der Waals surface area contributed by atoms with Gasteiger partial charge in [0.05, 0.1) is 11.3 Å². The number of carboxylic acids is 1. The van der Waals surface area contributed by atoms with Gasteiger partial charge in [-0.05, 0) is 46.3 Å². The molecule has 1 aromatic heterocycles. The van der Waals surface area contributed by atoms with E-state index in [1.54, 1.807) is 12.1 Å². The molecule has 1 heterocycles. The van der Waals surface area contributed by atoms with Crippen LogP contribution in [0.3, 0.4) is 0 Å². The van der Waals surface area contributed by atoms with Crippen molar-refractivity contribution in [2.45, 2.75) is 4.90 Å². The Morgan fingerprint density at radius 3 is 2.38 bits per heavy atom. The number of carboxylic acid groups (broad SMARTS) is 1. The smallest absolute Gasteiger partial charge is 0.335 e. The number of aromatic carboxylic acids is 1. The van der Waals surface area contributed by atoms with Crippen molar-refractivity contribution in [3.05, 3.63) is 52.8 Å². The summed E-state index contributed by atoms with van der Waals surface area (Å²) in [4.78, 5) is 14.7. The Morgan fingerprint density at radius 1 is 1.24 bits per heavy atom. The van der Waals surface area contributed by atoms with Gasteiger partial charge in [-0.2, -0.15) is 0 Å². The Labute approximate surface area is 130 Å². The summed E-state index contributed by atoms with van der Waals surface area (Å²) < 4.78 is 26.4. The lowest BCUT2D eigenvalue weighted by atomic mass is 10.2. The number of halogens is 1. The lowest BCUT2D eigenvalue weighted by molar-refractivity contribution is 0.0696. The molecule has 8 heteroatoms. The maximum absolute atomic E-state index is 12.6. The van der Waals surface area contributed by atoms with E-state index in [1.165, 1.54) is 37.6 Å². The first-order chi connectivity index (χ1) is 9.84.